The Hall–Kier alpha value is -4.00. The molecule has 0 aliphatic carbocycles. The first-order valence-electron chi connectivity index (χ1n) is 18.5. The molecule has 2 aliphatic rings. The Labute approximate surface area is 309 Å². The second-order valence-electron chi connectivity index (χ2n) is 13.1. The van der Waals surface area contributed by atoms with Crippen LogP contribution in [-0.4, -0.2) is 120 Å². The Morgan fingerprint density at radius 3 is 1.49 bits per heavy atom. The number of unbranched alkanes of at least 4 members (excludes halogenated alkanes) is 1. The molecular formula is C35H56N4O14. The van der Waals surface area contributed by atoms with Crippen molar-refractivity contribution in [2.45, 2.75) is 116 Å². The van der Waals surface area contributed by atoms with Gasteiger partial charge in [0.1, 0.15) is 0 Å². The van der Waals surface area contributed by atoms with Crippen molar-refractivity contribution in [3.8, 4) is 0 Å². The quantitative estimate of drug-likeness (QED) is 0.0588. The smallest absolute Gasteiger partial charge is 0.333 e. The Kier molecular flexibility index (Phi) is 22.1. The molecule has 0 spiro atoms. The number of hydroxylamine groups is 4. The Balaban J connectivity index is 1.56. The molecule has 2 heterocycles. The van der Waals surface area contributed by atoms with Gasteiger partial charge in [-0.3, -0.25) is 28.8 Å². The molecule has 0 radical (unpaired) electrons. The lowest BCUT2D eigenvalue weighted by molar-refractivity contribution is -0.197. The minimum atomic E-state index is -0.752. The van der Waals surface area contributed by atoms with E-state index < -0.39 is 35.6 Å². The number of amides is 6. The number of carbonyl (C=O) groups excluding carboxylic acids is 8. The third kappa shape index (κ3) is 18.5. The highest BCUT2D eigenvalue weighted by atomic mass is 16.7. The molecular weight excluding hydrogens is 700 g/mol. The predicted octanol–water partition coefficient (Wildman–Crippen LogP) is 0.899. The normalized spacial score (nSPS) is 14.6. The van der Waals surface area contributed by atoms with Gasteiger partial charge >= 0.3 is 11.9 Å². The first-order valence-corrected chi connectivity index (χ1v) is 18.5. The average Bonchev–Trinajstić information content (AvgIpc) is 3.62. The van der Waals surface area contributed by atoms with Crippen molar-refractivity contribution in [3.63, 3.8) is 0 Å². The molecule has 0 aromatic heterocycles. The van der Waals surface area contributed by atoms with Gasteiger partial charge < -0.3 is 40.0 Å². The van der Waals surface area contributed by atoms with E-state index >= 15 is 0 Å². The molecule has 53 heavy (non-hydrogen) atoms. The number of nitrogens with one attached hydrogen (secondary N) is 2. The summed E-state index contributed by atoms with van der Waals surface area (Å²) in [6.07, 6.45) is 5.85. The molecule has 300 valence electrons. The summed E-state index contributed by atoms with van der Waals surface area (Å²) in [5.74, 6) is -4.21. The van der Waals surface area contributed by atoms with Crippen LogP contribution in [0.1, 0.15) is 116 Å². The first-order chi connectivity index (χ1) is 25.5. The van der Waals surface area contributed by atoms with Gasteiger partial charge in [-0.25, -0.2) is 9.59 Å². The van der Waals surface area contributed by atoms with E-state index in [1.165, 1.54) is 0 Å². The Morgan fingerprint density at radius 2 is 1.00 bits per heavy atom. The molecule has 0 atom stereocenters. The monoisotopic (exact) mass is 756 g/mol. The number of imide groups is 2. The zero-order chi connectivity index (χ0) is 38.9. The predicted molar refractivity (Wildman–Crippen MR) is 183 cm³/mol. The molecule has 0 saturated carbocycles. The number of nitrogens with zero attached hydrogens (tertiary/aromatic N) is 2. The van der Waals surface area contributed by atoms with Crippen molar-refractivity contribution in [2.24, 2.45) is 5.41 Å². The average molecular weight is 757 g/mol. The van der Waals surface area contributed by atoms with Crippen molar-refractivity contribution < 1.29 is 67.7 Å². The van der Waals surface area contributed by atoms with E-state index in [0.717, 1.165) is 6.42 Å². The van der Waals surface area contributed by atoms with Gasteiger partial charge in [0.2, 0.25) is 11.8 Å². The lowest BCUT2D eigenvalue weighted by atomic mass is 9.76. The number of carbonyl (C=O) groups is 8. The van der Waals surface area contributed by atoms with E-state index in [0.29, 0.717) is 81.4 Å². The van der Waals surface area contributed by atoms with Crippen LogP contribution in [0.4, 0.5) is 0 Å². The van der Waals surface area contributed by atoms with Crippen LogP contribution < -0.4 is 10.6 Å². The van der Waals surface area contributed by atoms with Gasteiger partial charge in [-0.15, -0.1) is 10.1 Å². The number of hydrogen-bond acceptors (Lipinski definition) is 14. The third-order valence-electron chi connectivity index (χ3n) is 8.71. The molecule has 18 heteroatoms. The zero-order valence-corrected chi connectivity index (χ0v) is 30.6. The highest BCUT2D eigenvalue weighted by Crippen LogP contribution is 2.35. The van der Waals surface area contributed by atoms with E-state index in [1.54, 1.807) is 0 Å². The van der Waals surface area contributed by atoms with Crippen LogP contribution in [0, 0.1) is 5.41 Å². The van der Waals surface area contributed by atoms with Crippen LogP contribution >= 0.6 is 0 Å². The molecule has 0 bridgehead atoms. The van der Waals surface area contributed by atoms with E-state index in [-0.39, 0.29) is 108 Å². The maximum Gasteiger partial charge on any atom is 0.333 e. The van der Waals surface area contributed by atoms with E-state index in [2.05, 4.69) is 10.6 Å². The Bertz CT molecular complexity index is 1110. The van der Waals surface area contributed by atoms with E-state index in [4.69, 9.17) is 19.1 Å². The van der Waals surface area contributed by atoms with E-state index in [9.17, 15) is 48.6 Å². The molecule has 2 rings (SSSR count). The molecule has 0 aromatic carbocycles. The van der Waals surface area contributed by atoms with Gasteiger partial charge in [0.05, 0.1) is 13.2 Å². The molecule has 4 N–H and O–H groups in total. The van der Waals surface area contributed by atoms with Crippen LogP contribution in [0.25, 0.3) is 0 Å². The lowest BCUT2D eigenvalue weighted by Crippen LogP contribution is -2.32. The number of hydrogen-bond donors (Lipinski definition) is 4. The summed E-state index contributed by atoms with van der Waals surface area (Å²) in [4.78, 5) is 104. The van der Waals surface area contributed by atoms with Crippen molar-refractivity contribution in [2.75, 3.05) is 52.7 Å². The van der Waals surface area contributed by atoms with Crippen molar-refractivity contribution in [1.82, 2.24) is 20.8 Å². The second kappa shape index (κ2) is 25.9. The summed E-state index contributed by atoms with van der Waals surface area (Å²) in [6, 6.07) is 0. The Morgan fingerprint density at radius 1 is 0.547 bits per heavy atom. The van der Waals surface area contributed by atoms with Crippen LogP contribution in [0.15, 0.2) is 0 Å². The summed E-state index contributed by atoms with van der Waals surface area (Å²) in [5, 5.41) is 25.5. The first kappa shape index (κ1) is 45.2. The minimum Gasteiger partial charge on any atom is -0.396 e. The van der Waals surface area contributed by atoms with Gasteiger partial charge in [-0.1, -0.05) is 0 Å². The lowest BCUT2D eigenvalue weighted by Gasteiger charge is -2.34. The molecule has 18 nitrogen and oxygen atoms in total. The fourth-order valence-electron chi connectivity index (χ4n) is 5.83. The zero-order valence-electron chi connectivity index (χ0n) is 30.6. The second-order valence-corrected chi connectivity index (χ2v) is 13.1. The molecule has 6 amide bonds. The summed E-state index contributed by atoms with van der Waals surface area (Å²) in [6.45, 7) is 2.42. The number of aliphatic hydroxyl groups is 2. The van der Waals surface area contributed by atoms with Crippen molar-refractivity contribution in [1.29, 1.82) is 0 Å². The summed E-state index contributed by atoms with van der Waals surface area (Å²) >= 11 is 0. The molecule has 0 unspecified atom stereocenters. The maximum absolute atomic E-state index is 12.1. The number of ether oxygens (including phenoxy) is 2. The summed E-state index contributed by atoms with van der Waals surface area (Å²) in [7, 11) is 0. The van der Waals surface area contributed by atoms with Gasteiger partial charge in [0.25, 0.3) is 23.6 Å². The topological polar surface area (TPSA) is 244 Å². The maximum atomic E-state index is 12.1. The van der Waals surface area contributed by atoms with Crippen LogP contribution in [0.3, 0.4) is 0 Å². The summed E-state index contributed by atoms with van der Waals surface area (Å²) < 4.78 is 11.7. The molecule has 2 aliphatic heterocycles. The van der Waals surface area contributed by atoms with Crippen molar-refractivity contribution in [3.05, 3.63) is 0 Å². The van der Waals surface area contributed by atoms with E-state index in [1.807, 2.05) is 0 Å². The highest BCUT2D eigenvalue weighted by molar-refractivity contribution is 6.02. The highest BCUT2D eigenvalue weighted by Gasteiger charge is 2.34. The van der Waals surface area contributed by atoms with Gasteiger partial charge in [-0.2, -0.15) is 0 Å². The van der Waals surface area contributed by atoms with Gasteiger partial charge in [-0.05, 0) is 69.6 Å². The summed E-state index contributed by atoms with van der Waals surface area (Å²) in [5.41, 5.74) is -0.260. The van der Waals surface area contributed by atoms with Crippen molar-refractivity contribution >= 4 is 47.4 Å². The number of rotatable bonds is 30. The largest absolute Gasteiger partial charge is 0.396 e. The third-order valence-corrected chi connectivity index (χ3v) is 8.71. The fraction of sp³-hybridized carbons (Fsp3) is 0.771. The standard InChI is InChI=1S/C35H56N4O14/c40-21-5-16-35(17-6-22-41,18-7-24-50-25-20-37-28(43)9-4-11-34(49)53-39-31(46)14-15-32(39)47)26-51-23-2-1-19-36-27(42)8-3-10-33(48)52-38-29(44)12-13-30(38)45/h40-41H,1-26H2,(H,36,42)(H,37,43). The SMILES string of the molecule is O=C(CCCC(=O)ON1C(=O)CCC1=O)NCCCCOCC(CCCO)(CCCO)CCCOCCNC(=O)CCCC(=O)ON1C(=O)CCC1=O. The fourth-order valence-corrected chi connectivity index (χ4v) is 5.83. The van der Waals surface area contributed by atoms with Crippen LogP contribution in [0.2, 0.25) is 0 Å². The van der Waals surface area contributed by atoms with Gasteiger partial charge in [0, 0.05) is 90.9 Å². The minimum absolute atomic E-state index is 0.0114. The van der Waals surface area contributed by atoms with Gasteiger partial charge in [0.15, 0.2) is 0 Å². The van der Waals surface area contributed by atoms with Crippen LogP contribution in [-0.2, 0) is 57.5 Å². The molecule has 2 fully saturated rings. The number of aliphatic hydroxyl groups excluding tert-OH is 2. The molecule has 0 aromatic rings. The molecule has 2 saturated heterocycles. The van der Waals surface area contributed by atoms with Crippen LogP contribution in [0.5, 0.6) is 0 Å².